The lowest BCUT2D eigenvalue weighted by atomic mass is 10.1. The van der Waals surface area contributed by atoms with Gasteiger partial charge in [0.25, 0.3) is 0 Å². The number of halogens is 1. The Labute approximate surface area is 181 Å². The van der Waals surface area contributed by atoms with Crippen LogP contribution in [0.1, 0.15) is 11.1 Å². The van der Waals surface area contributed by atoms with Gasteiger partial charge in [0, 0.05) is 23.6 Å². The molecule has 160 valence electrons. The van der Waals surface area contributed by atoms with E-state index in [9.17, 15) is 14.0 Å². The summed E-state index contributed by atoms with van der Waals surface area (Å²) in [6.45, 7) is 3.60. The average molecular weight is 430 g/mol. The van der Waals surface area contributed by atoms with Crippen LogP contribution in [0.25, 0.3) is 22.4 Å². The van der Waals surface area contributed by atoms with Crippen LogP contribution >= 0.6 is 0 Å². The Morgan fingerprint density at radius 2 is 1.75 bits per heavy atom. The molecule has 0 atom stereocenters. The number of aromatic nitrogens is 5. The molecule has 0 radical (unpaired) electrons. The van der Waals surface area contributed by atoms with E-state index in [1.165, 1.54) is 16.5 Å². The Hall–Kier alpha value is -4.27. The summed E-state index contributed by atoms with van der Waals surface area (Å²) in [4.78, 5) is 25.4. The number of hydrogen-bond acceptors (Lipinski definition) is 4. The lowest BCUT2D eigenvalue weighted by molar-refractivity contribution is -0.117. The summed E-state index contributed by atoms with van der Waals surface area (Å²) < 4.78 is 17.3. The lowest BCUT2D eigenvalue weighted by Crippen LogP contribution is -2.28. The third kappa shape index (κ3) is 3.33. The predicted octanol–water partition coefficient (Wildman–Crippen LogP) is 3.21. The number of amides is 1. The lowest BCUT2D eigenvalue weighted by Gasteiger charge is -2.10. The van der Waals surface area contributed by atoms with Gasteiger partial charge < -0.3 is 5.32 Å². The molecule has 3 aromatic heterocycles. The number of aryl methyl sites for hydroxylation is 2. The quantitative estimate of drug-likeness (QED) is 0.475. The van der Waals surface area contributed by atoms with Gasteiger partial charge in [0.05, 0.1) is 5.69 Å². The molecule has 0 aliphatic carbocycles. The van der Waals surface area contributed by atoms with Crippen molar-refractivity contribution in [2.45, 2.75) is 20.4 Å². The maximum atomic E-state index is 13.2. The van der Waals surface area contributed by atoms with Gasteiger partial charge in [-0.2, -0.15) is 5.10 Å². The number of carbonyl (C=O) groups excluding carboxylic acids is 1. The van der Waals surface area contributed by atoms with Crippen LogP contribution < -0.4 is 11.0 Å². The van der Waals surface area contributed by atoms with Gasteiger partial charge in [0.1, 0.15) is 17.9 Å². The number of hydrogen-bond donors (Lipinski definition) is 1. The largest absolute Gasteiger partial charge is 0.350 e. The fraction of sp³-hybridized carbons (Fsp3) is 0.130. The molecule has 0 aliphatic rings. The van der Waals surface area contributed by atoms with Crippen molar-refractivity contribution in [1.29, 1.82) is 0 Å². The molecule has 5 aromatic rings. The minimum Gasteiger partial charge on any atom is -0.324 e. The normalized spacial score (nSPS) is 11.3. The Balaban J connectivity index is 1.50. The minimum atomic E-state index is -0.427. The molecule has 0 aliphatic heterocycles. The second-order valence-corrected chi connectivity index (χ2v) is 7.61. The summed E-state index contributed by atoms with van der Waals surface area (Å²) in [6, 6.07) is 13.5. The van der Waals surface area contributed by atoms with E-state index in [0.29, 0.717) is 16.9 Å². The molecule has 2 aromatic carbocycles. The van der Waals surface area contributed by atoms with Gasteiger partial charge in [0.15, 0.2) is 5.65 Å². The summed E-state index contributed by atoms with van der Waals surface area (Å²) in [5.41, 5.74) is 4.51. The Morgan fingerprint density at radius 1 is 1.03 bits per heavy atom. The van der Waals surface area contributed by atoms with Gasteiger partial charge in [0.2, 0.25) is 5.91 Å². The molecule has 1 N–H and O–H groups in total. The molecule has 8 nitrogen and oxygen atoms in total. The van der Waals surface area contributed by atoms with E-state index in [2.05, 4.69) is 15.5 Å². The number of anilines is 1. The van der Waals surface area contributed by atoms with Gasteiger partial charge in [-0.1, -0.05) is 18.2 Å². The zero-order valence-electron chi connectivity index (χ0n) is 17.4. The standard InChI is InChI=1S/C23H19FN6O2/c1-14-4-3-5-15(2)21(14)25-20(31)13-30-23(32)28-10-11-29-19(22(28)27-30)12-18(26-29)16-6-8-17(24)9-7-16/h3-12H,13H2,1-2H3,(H,25,31). The summed E-state index contributed by atoms with van der Waals surface area (Å²) in [7, 11) is 0. The van der Waals surface area contributed by atoms with Crippen molar-refractivity contribution >= 4 is 22.8 Å². The first kappa shape index (κ1) is 19.7. The second-order valence-electron chi connectivity index (χ2n) is 7.61. The Bertz CT molecular complexity index is 1520. The number of fused-ring (bicyclic) bond motifs is 3. The molecule has 32 heavy (non-hydrogen) atoms. The number of benzene rings is 2. The van der Waals surface area contributed by atoms with Crippen molar-refractivity contribution in [2.24, 2.45) is 0 Å². The number of para-hydroxylation sites is 1. The van der Waals surface area contributed by atoms with Crippen LogP contribution in [0.5, 0.6) is 0 Å². The summed E-state index contributed by atoms with van der Waals surface area (Å²) in [6.07, 6.45) is 3.19. The van der Waals surface area contributed by atoms with Crippen molar-refractivity contribution in [3.8, 4) is 11.3 Å². The number of nitrogens with one attached hydrogen (secondary N) is 1. The van der Waals surface area contributed by atoms with Crippen LogP contribution in [0.15, 0.2) is 65.7 Å². The maximum absolute atomic E-state index is 13.2. The molecule has 0 fully saturated rings. The summed E-state index contributed by atoms with van der Waals surface area (Å²) in [5.74, 6) is -0.672. The minimum absolute atomic E-state index is 0.223. The number of nitrogens with zero attached hydrogens (tertiary/aromatic N) is 5. The van der Waals surface area contributed by atoms with E-state index >= 15 is 0 Å². The van der Waals surface area contributed by atoms with Crippen molar-refractivity contribution in [2.75, 3.05) is 5.32 Å². The Kier molecular flexibility index (Phi) is 4.58. The van der Waals surface area contributed by atoms with Gasteiger partial charge in [-0.3, -0.25) is 4.79 Å². The van der Waals surface area contributed by atoms with Crippen LogP contribution in [0, 0.1) is 19.7 Å². The molecule has 0 saturated carbocycles. The predicted molar refractivity (Wildman–Crippen MR) is 118 cm³/mol. The van der Waals surface area contributed by atoms with Crippen LogP contribution in [-0.4, -0.2) is 29.7 Å². The molecule has 5 rings (SSSR count). The SMILES string of the molecule is Cc1cccc(C)c1NC(=O)Cn1nc2c3cc(-c4ccc(F)cc4)nn3ccn2c1=O. The number of carbonyl (C=O) groups is 1. The molecule has 9 heteroatoms. The van der Waals surface area contributed by atoms with E-state index in [0.717, 1.165) is 27.1 Å². The van der Waals surface area contributed by atoms with Crippen LogP contribution in [0.4, 0.5) is 10.1 Å². The topological polar surface area (TPSA) is 85.7 Å². The molecular weight excluding hydrogens is 411 g/mol. The van der Waals surface area contributed by atoms with Crippen molar-refractivity contribution in [3.05, 3.63) is 88.4 Å². The third-order valence-corrected chi connectivity index (χ3v) is 5.37. The van der Waals surface area contributed by atoms with Gasteiger partial charge >= 0.3 is 5.69 Å². The molecule has 1 amide bonds. The monoisotopic (exact) mass is 430 g/mol. The average Bonchev–Trinajstić information content (AvgIpc) is 3.33. The van der Waals surface area contributed by atoms with Crippen molar-refractivity contribution < 1.29 is 9.18 Å². The van der Waals surface area contributed by atoms with Crippen LogP contribution in [0.2, 0.25) is 0 Å². The first-order valence-electron chi connectivity index (χ1n) is 10.0. The molecule has 0 spiro atoms. The highest BCUT2D eigenvalue weighted by atomic mass is 19.1. The van der Waals surface area contributed by atoms with E-state index in [-0.39, 0.29) is 18.3 Å². The number of rotatable bonds is 4. The van der Waals surface area contributed by atoms with Gasteiger partial charge in [-0.15, -0.1) is 5.10 Å². The summed E-state index contributed by atoms with van der Waals surface area (Å²) >= 11 is 0. The van der Waals surface area contributed by atoms with Crippen molar-refractivity contribution in [1.82, 2.24) is 23.8 Å². The van der Waals surface area contributed by atoms with E-state index in [1.807, 2.05) is 32.0 Å². The third-order valence-electron chi connectivity index (χ3n) is 5.37. The zero-order valence-corrected chi connectivity index (χ0v) is 17.4. The van der Waals surface area contributed by atoms with E-state index in [1.54, 1.807) is 35.1 Å². The van der Waals surface area contributed by atoms with Crippen molar-refractivity contribution in [3.63, 3.8) is 0 Å². The fourth-order valence-electron chi connectivity index (χ4n) is 3.73. The summed E-state index contributed by atoms with van der Waals surface area (Å²) in [5, 5.41) is 11.7. The molecule has 0 bridgehead atoms. The van der Waals surface area contributed by atoms with E-state index in [4.69, 9.17) is 0 Å². The second kappa shape index (κ2) is 7.45. The smallest absolute Gasteiger partial charge is 0.324 e. The molecular formula is C23H19FN6O2. The highest BCUT2D eigenvalue weighted by Crippen LogP contribution is 2.22. The highest BCUT2D eigenvalue weighted by Gasteiger charge is 2.16. The maximum Gasteiger partial charge on any atom is 0.350 e. The van der Waals surface area contributed by atoms with Crippen LogP contribution in [0.3, 0.4) is 0 Å². The Morgan fingerprint density at radius 3 is 2.47 bits per heavy atom. The fourth-order valence-corrected chi connectivity index (χ4v) is 3.73. The zero-order chi connectivity index (χ0) is 22.4. The van der Waals surface area contributed by atoms with E-state index < -0.39 is 5.69 Å². The molecule has 0 unspecified atom stereocenters. The molecule has 3 heterocycles. The molecule has 0 saturated heterocycles. The first-order valence-corrected chi connectivity index (χ1v) is 10.0. The van der Waals surface area contributed by atoms with Gasteiger partial charge in [-0.05, 0) is 55.3 Å². The van der Waals surface area contributed by atoms with Crippen LogP contribution in [-0.2, 0) is 11.3 Å². The van der Waals surface area contributed by atoms with Gasteiger partial charge in [-0.25, -0.2) is 22.8 Å². The first-order chi connectivity index (χ1) is 15.4. The highest BCUT2D eigenvalue weighted by molar-refractivity contribution is 5.92.